The number of benzene rings is 4. The van der Waals surface area contributed by atoms with Crippen molar-refractivity contribution in [1.29, 1.82) is 5.26 Å². The number of rotatable bonds is 6. The summed E-state index contributed by atoms with van der Waals surface area (Å²) >= 11 is 2.99. The van der Waals surface area contributed by atoms with Crippen LogP contribution in [0.1, 0.15) is 16.7 Å². The quantitative estimate of drug-likeness (QED) is 0.249. The van der Waals surface area contributed by atoms with Gasteiger partial charge in [0.1, 0.15) is 4.91 Å². The maximum Gasteiger partial charge on any atom is 0.269 e. The predicted molar refractivity (Wildman–Crippen MR) is 164 cm³/mol. The Morgan fingerprint density at radius 3 is 2.30 bits per heavy atom. The van der Waals surface area contributed by atoms with E-state index in [1.165, 1.54) is 11.8 Å². The zero-order valence-electron chi connectivity index (χ0n) is 21.7. The number of anilines is 2. The number of amides is 1. The van der Waals surface area contributed by atoms with E-state index < -0.39 is 0 Å². The fourth-order valence-corrected chi connectivity index (χ4v) is 6.90. The standard InChI is InChI=1S/C32H25N5OS2/c1-36-27-14-8-9-15-28(27)39-31(36)29-30(38)37(21-23-12-6-3-7-13-23)32(40-29)35-26-18-24(19-33)16-17-25(26)34-20-22-10-4-2-5-11-22/h2-18,34H,20-21H2,1H3. The van der Waals surface area contributed by atoms with E-state index in [1.54, 1.807) is 28.8 Å². The summed E-state index contributed by atoms with van der Waals surface area (Å²) in [4.78, 5) is 24.6. The van der Waals surface area contributed by atoms with Crippen LogP contribution in [-0.4, -0.2) is 23.0 Å². The number of carbonyl (C=O) groups excluding carboxylic acids is 1. The number of hydrogen-bond acceptors (Lipinski definition) is 7. The summed E-state index contributed by atoms with van der Waals surface area (Å²) in [6.07, 6.45) is 0. The minimum Gasteiger partial charge on any atom is -0.379 e. The average molecular weight is 560 g/mol. The van der Waals surface area contributed by atoms with Crippen LogP contribution in [0.25, 0.3) is 0 Å². The minimum atomic E-state index is -0.0787. The molecular formula is C32H25N5OS2. The second kappa shape index (κ2) is 11.3. The highest BCUT2D eigenvalue weighted by molar-refractivity contribution is 8.19. The third kappa shape index (κ3) is 5.22. The van der Waals surface area contributed by atoms with Crippen LogP contribution in [0.15, 0.2) is 123 Å². The molecule has 6 rings (SSSR count). The second-order valence-corrected chi connectivity index (χ2v) is 11.3. The van der Waals surface area contributed by atoms with Crippen molar-refractivity contribution in [3.63, 3.8) is 0 Å². The molecule has 4 aromatic carbocycles. The van der Waals surface area contributed by atoms with Gasteiger partial charge in [0.25, 0.3) is 5.91 Å². The molecule has 4 aromatic rings. The van der Waals surface area contributed by atoms with E-state index in [9.17, 15) is 10.1 Å². The van der Waals surface area contributed by atoms with Crippen LogP contribution in [0.3, 0.4) is 0 Å². The van der Waals surface area contributed by atoms with Crippen LogP contribution >= 0.6 is 23.5 Å². The topological polar surface area (TPSA) is 71.7 Å². The fourth-order valence-electron chi connectivity index (χ4n) is 4.56. The molecule has 0 atom stereocenters. The number of thioether (sulfide) groups is 2. The van der Waals surface area contributed by atoms with Crippen molar-refractivity contribution in [3.05, 3.63) is 130 Å². The van der Waals surface area contributed by atoms with Gasteiger partial charge in [0, 0.05) is 18.5 Å². The summed E-state index contributed by atoms with van der Waals surface area (Å²) in [5.74, 6) is -0.0787. The highest BCUT2D eigenvalue weighted by atomic mass is 32.2. The van der Waals surface area contributed by atoms with Crippen molar-refractivity contribution < 1.29 is 4.79 Å². The van der Waals surface area contributed by atoms with E-state index in [2.05, 4.69) is 40.6 Å². The Hall–Kier alpha value is -4.45. The van der Waals surface area contributed by atoms with Crippen LogP contribution in [0, 0.1) is 11.3 Å². The van der Waals surface area contributed by atoms with Gasteiger partial charge in [-0.3, -0.25) is 9.69 Å². The molecule has 196 valence electrons. The highest BCUT2D eigenvalue weighted by Crippen LogP contribution is 2.50. The summed E-state index contributed by atoms with van der Waals surface area (Å²) in [5, 5.41) is 14.5. The van der Waals surface area contributed by atoms with Crippen LogP contribution < -0.4 is 10.2 Å². The summed E-state index contributed by atoms with van der Waals surface area (Å²) in [6.45, 7) is 1.01. The number of fused-ring (bicyclic) bond motifs is 1. The molecule has 0 aromatic heterocycles. The largest absolute Gasteiger partial charge is 0.379 e. The van der Waals surface area contributed by atoms with E-state index in [4.69, 9.17) is 4.99 Å². The Morgan fingerprint density at radius 1 is 0.875 bits per heavy atom. The molecule has 1 amide bonds. The van der Waals surface area contributed by atoms with Gasteiger partial charge in [-0.25, -0.2) is 4.99 Å². The Balaban J connectivity index is 1.40. The van der Waals surface area contributed by atoms with Gasteiger partial charge in [-0.15, -0.1) is 0 Å². The first-order valence-corrected chi connectivity index (χ1v) is 14.4. The lowest BCUT2D eigenvalue weighted by atomic mass is 10.1. The molecule has 2 aliphatic heterocycles. The molecule has 0 bridgehead atoms. The Morgan fingerprint density at radius 2 is 1.57 bits per heavy atom. The summed E-state index contributed by atoms with van der Waals surface area (Å²) in [5.41, 5.74) is 5.15. The fraction of sp³-hybridized carbons (Fsp3) is 0.0938. The van der Waals surface area contributed by atoms with Gasteiger partial charge in [0.05, 0.1) is 40.3 Å². The Bertz CT molecular complexity index is 1680. The van der Waals surface area contributed by atoms with Crippen LogP contribution in [0.5, 0.6) is 0 Å². The van der Waals surface area contributed by atoms with E-state index in [0.29, 0.717) is 34.4 Å². The zero-order chi connectivity index (χ0) is 27.5. The highest BCUT2D eigenvalue weighted by Gasteiger charge is 2.39. The number of carbonyl (C=O) groups is 1. The van der Waals surface area contributed by atoms with E-state index in [-0.39, 0.29) is 5.91 Å². The number of para-hydroxylation sites is 1. The second-order valence-electron chi connectivity index (χ2n) is 9.32. The predicted octanol–water partition coefficient (Wildman–Crippen LogP) is 7.34. The third-order valence-electron chi connectivity index (χ3n) is 6.65. The molecule has 0 saturated carbocycles. The van der Waals surface area contributed by atoms with Gasteiger partial charge < -0.3 is 10.2 Å². The SMILES string of the molecule is CN1C(=C2SC(=Nc3cc(C#N)ccc3NCc3ccccc3)N(Cc3ccccc3)C2=O)Sc2ccccc21. The first kappa shape index (κ1) is 25.8. The minimum absolute atomic E-state index is 0.0787. The van der Waals surface area contributed by atoms with Crippen molar-refractivity contribution in [3.8, 4) is 6.07 Å². The molecule has 0 aliphatic carbocycles. The van der Waals surface area contributed by atoms with Gasteiger partial charge >= 0.3 is 0 Å². The molecule has 1 fully saturated rings. The van der Waals surface area contributed by atoms with Gasteiger partial charge in [-0.1, -0.05) is 84.6 Å². The number of nitrogens with zero attached hydrogens (tertiary/aromatic N) is 4. The van der Waals surface area contributed by atoms with E-state index in [0.717, 1.165) is 32.4 Å². The first-order chi connectivity index (χ1) is 19.6. The molecule has 0 unspecified atom stereocenters. The number of amidine groups is 1. The normalized spacial score (nSPS) is 17.3. The van der Waals surface area contributed by atoms with Crippen molar-refractivity contribution in [1.82, 2.24) is 4.90 Å². The molecule has 1 N–H and O–H groups in total. The average Bonchev–Trinajstić information content (AvgIpc) is 3.49. The smallest absolute Gasteiger partial charge is 0.269 e. The molecule has 40 heavy (non-hydrogen) atoms. The van der Waals surface area contributed by atoms with Crippen LogP contribution in [0.2, 0.25) is 0 Å². The van der Waals surface area contributed by atoms with Gasteiger partial charge in [-0.2, -0.15) is 5.26 Å². The monoisotopic (exact) mass is 559 g/mol. The maximum atomic E-state index is 14.0. The van der Waals surface area contributed by atoms with Crippen LogP contribution in [-0.2, 0) is 17.9 Å². The molecule has 8 heteroatoms. The molecular weight excluding hydrogens is 535 g/mol. The lowest BCUT2D eigenvalue weighted by molar-refractivity contribution is -0.122. The lowest BCUT2D eigenvalue weighted by Crippen LogP contribution is -2.29. The van der Waals surface area contributed by atoms with E-state index in [1.807, 2.05) is 73.8 Å². The molecule has 2 aliphatic rings. The van der Waals surface area contributed by atoms with Crippen molar-refractivity contribution in [2.75, 3.05) is 17.3 Å². The molecule has 2 heterocycles. The van der Waals surface area contributed by atoms with Crippen molar-refractivity contribution in [2.24, 2.45) is 4.99 Å². The van der Waals surface area contributed by atoms with Gasteiger partial charge in [-0.05, 0) is 53.2 Å². The summed E-state index contributed by atoms with van der Waals surface area (Å²) in [6, 6.07) is 35.8. The lowest BCUT2D eigenvalue weighted by Gasteiger charge is -2.17. The number of hydrogen-bond donors (Lipinski definition) is 1. The molecule has 6 nitrogen and oxygen atoms in total. The summed E-state index contributed by atoms with van der Waals surface area (Å²) < 4.78 is 0. The van der Waals surface area contributed by atoms with Crippen molar-refractivity contribution in [2.45, 2.75) is 18.0 Å². The zero-order valence-corrected chi connectivity index (χ0v) is 23.4. The third-order valence-corrected chi connectivity index (χ3v) is 9.08. The first-order valence-electron chi connectivity index (χ1n) is 12.8. The number of aliphatic imine (C=N–C) groups is 1. The Labute approximate surface area is 242 Å². The number of nitriles is 1. The molecule has 0 spiro atoms. The van der Waals surface area contributed by atoms with Crippen molar-refractivity contribution >= 4 is 51.7 Å². The Kier molecular flexibility index (Phi) is 7.32. The van der Waals surface area contributed by atoms with Gasteiger partial charge in [0.15, 0.2) is 5.17 Å². The van der Waals surface area contributed by atoms with Gasteiger partial charge in [0.2, 0.25) is 0 Å². The summed E-state index contributed by atoms with van der Waals surface area (Å²) in [7, 11) is 1.99. The van der Waals surface area contributed by atoms with Crippen LogP contribution in [0.4, 0.5) is 17.1 Å². The van der Waals surface area contributed by atoms with E-state index >= 15 is 0 Å². The number of nitrogens with one attached hydrogen (secondary N) is 1. The maximum absolute atomic E-state index is 14.0. The molecule has 0 radical (unpaired) electrons. The molecule has 1 saturated heterocycles.